The Hall–Kier alpha value is -3.13. The van der Waals surface area contributed by atoms with Crippen LogP contribution >= 0.6 is 0 Å². The lowest BCUT2D eigenvalue weighted by Gasteiger charge is -2.13. The summed E-state index contributed by atoms with van der Waals surface area (Å²) in [6.45, 7) is 3.94. The van der Waals surface area contributed by atoms with Crippen molar-refractivity contribution in [1.29, 1.82) is 0 Å². The second-order valence-corrected chi connectivity index (χ2v) is 10.2. The highest BCUT2D eigenvalue weighted by Crippen LogP contribution is 2.31. The number of sulfone groups is 1. The van der Waals surface area contributed by atoms with Crippen molar-refractivity contribution in [2.75, 3.05) is 23.9 Å². The van der Waals surface area contributed by atoms with E-state index >= 15 is 0 Å². The van der Waals surface area contributed by atoms with Crippen LogP contribution in [0.1, 0.15) is 34.1 Å². The number of rotatable bonds is 5. The first-order valence-electron chi connectivity index (χ1n) is 10.1. The molecule has 0 unspecified atom stereocenters. The molecular weight excluding hydrogens is 414 g/mol. The molecule has 1 amide bonds. The third kappa shape index (κ3) is 4.64. The van der Waals surface area contributed by atoms with Crippen LogP contribution < -0.4 is 10.1 Å². The van der Waals surface area contributed by atoms with E-state index in [1.807, 2.05) is 56.3 Å². The number of nitrogens with one attached hydrogen (secondary N) is 1. The van der Waals surface area contributed by atoms with Gasteiger partial charge in [-0.05, 0) is 73.9 Å². The minimum Gasteiger partial charge on any atom is -0.497 e. The third-order valence-electron chi connectivity index (χ3n) is 5.39. The SMILES string of the molecule is COc1ccc(-c2cc(C(=O)Nc3cc(C)cc(C)c3)nn2[C@@H]2CCS(=O)(=O)C2)cc1. The molecule has 1 aliphatic rings. The molecule has 8 heteroatoms. The zero-order valence-corrected chi connectivity index (χ0v) is 18.6. The van der Waals surface area contributed by atoms with Gasteiger partial charge in [-0.25, -0.2) is 8.42 Å². The van der Waals surface area contributed by atoms with E-state index in [1.165, 1.54) is 0 Å². The summed E-state index contributed by atoms with van der Waals surface area (Å²) in [4.78, 5) is 13.0. The third-order valence-corrected chi connectivity index (χ3v) is 7.14. The highest BCUT2D eigenvalue weighted by molar-refractivity contribution is 7.91. The van der Waals surface area contributed by atoms with Gasteiger partial charge >= 0.3 is 0 Å². The standard InChI is InChI=1S/C23H25N3O4S/c1-15-10-16(2)12-18(11-15)24-23(27)21-13-22(17-4-6-20(30-3)7-5-17)26(25-21)19-8-9-31(28,29)14-19/h4-7,10-13,19H,8-9,14H2,1-3H3,(H,24,27)/t19-/m1/s1. The summed E-state index contributed by atoms with van der Waals surface area (Å²) in [6, 6.07) is 14.6. The van der Waals surface area contributed by atoms with Gasteiger partial charge in [-0.2, -0.15) is 5.10 Å². The van der Waals surface area contributed by atoms with Gasteiger partial charge in [0.05, 0.1) is 30.4 Å². The van der Waals surface area contributed by atoms with Gasteiger partial charge < -0.3 is 10.1 Å². The number of aryl methyl sites for hydroxylation is 2. The number of amides is 1. The Kier molecular flexibility index (Phi) is 5.58. The zero-order chi connectivity index (χ0) is 22.2. The summed E-state index contributed by atoms with van der Waals surface area (Å²) in [6.07, 6.45) is 0.477. The molecule has 7 nitrogen and oxygen atoms in total. The molecule has 1 N–H and O–H groups in total. The van der Waals surface area contributed by atoms with Gasteiger partial charge in [0.25, 0.3) is 5.91 Å². The van der Waals surface area contributed by atoms with E-state index in [1.54, 1.807) is 17.9 Å². The van der Waals surface area contributed by atoms with Crippen LogP contribution in [0.5, 0.6) is 5.75 Å². The van der Waals surface area contributed by atoms with Crippen LogP contribution in [0.25, 0.3) is 11.3 Å². The molecule has 2 aromatic carbocycles. The smallest absolute Gasteiger partial charge is 0.276 e. The fourth-order valence-corrected chi connectivity index (χ4v) is 5.66. The van der Waals surface area contributed by atoms with E-state index in [4.69, 9.17) is 4.74 Å². The number of carbonyl (C=O) groups excluding carboxylic acids is 1. The molecule has 1 saturated heterocycles. The largest absolute Gasteiger partial charge is 0.497 e. The summed E-state index contributed by atoms with van der Waals surface area (Å²) < 4.78 is 31.0. The van der Waals surface area contributed by atoms with Crippen LogP contribution in [0.2, 0.25) is 0 Å². The van der Waals surface area contributed by atoms with E-state index in [2.05, 4.69) is 10.4 Å². The summed E-state index contributed by atoms with van der Waals surface area (Å²) in [5, 5.41) is 7.43. The average molecular weight is 440 g/mol. The minimum atomic E-state index is -3.10. The fraction of sp³-hybridized carbons (Fsp3) is 0.304. The summed E-state index contributed by atoms with van der Waals surface area (Å²) in [5.41, 5.74) is 4.59. The van der Waals surface area contributed by atoms with Gasteiger partial charge in [0.1, 0.15) is 5.75 Å². The van der Waals surface area contributed by atoms with Crippen molar-refractivity contribution < 1.29 is 17.9 Å². The van der Waals surface area contributed by atoms with Crippen LogP contribution in [0.3, 0.4) is 0 Å². The first kappa shape index (κ1) is 21.1. The zero-order valence-electron chi connectivity index (χ0n) is 17.8. The van der Waals surface area contributed by atoms with Crippen LogP contribution in [-0.2, 0) is 9.84 Å². The molecule has 0 saturated carbocycles. The van der Waals surface area contributed by atoms with Gasteiger partial charge in [-0.3, -0.25) is 9.48 Å². The number of ether oxygens (including phenoxy) is 1. The lowest BCUT2D eigenvalue weighted by molar-refractivity contribution is 0.102. The van der Waals surface area contributed by atoms with E-state index in [0.717, 1.165) is 16.7 Å². The van der Waals surface area contributed by atoms with Crippen LogP contribution in [-0.4, -0.2) is 42.7 Å². The number of carbonyl (C=O) groups is 1. The first-order valence-corrected chi connectivity index (χ1v) is 11.9. The molecule has 0 radical (unpaired) electrons. The van der Waals surface area contributed by atoms with E-state index in [9.17, 15) is 13.2 Å². The number of benzene rings is 2. The Morgan fingerprint density at radius 2 is 1.77 bits per heavy atom. The first-order chi connectivity index (χ1) is 14.7. The highest BCUT2D eigenvalue weighted by atomic mass is 32.2. The molecule has 0 bridgehead atoms. The highest BCUT2D eigenvalue weighted by Gasteiger charge is 2.32. The lowest BCUT2D eigenvalue weighted by Crippen LogP contribution is -2.16. The number of hydrogen-bond acceptors (Lipinski definition) is 5. The topological polar surface area (TPSA) is 90.3 Å². The number of aromatic nitrogens is 2. The Morgan fingerprint density at radius 1 is 1.10 bits per heavy atom. The van der Waals surface area contributed by atoms with Crippen molar-refractivity contribution in [1.82, 2.24) is 9.78 Å². The predicted octanol–water partition coefficient (Wildman–Crippen LogP) is 3.79. The van der Waals surface area contributed by atoms with Gasteiger partial charge in [0.2, 0.25) is 0 Å². The quantitative estimate of drug-likeness (QED) is 0.653. The molecule has 0 spiro atoms. The molecule has 1 aromatic heterocycles. The number of methoxy groups -OCH3 is 1. The summed E-state index contributed by atoms with van der Waals surface area (Å²) >= 11 is 0. The van der Waals surface area contributed by atoms with E-state index in [-0.39, 0.29) is 29.1 Å². The average Bonchev–Trinajstić information content (AvgIpc) is 3.30. The molecular formula is C23H25N3O4S. The number of nitrogens with zero attached hydrogens (tertiary/aromatic N) is 2. The molecule has 3 aromatic rings. The second-order valence-electron chi connectivity index (χ2n) is 7.98. The van der Waals surface area contributed by atoms with Gasteiger partial charge in [0, 0.05) is 11.3 Å². The molecule has 162 valence electrons. The molecule has 1 aliphatic heterocycles. The molecule has 2 heterocycles. The molecule has 4 rings (SSSR count). The molecule has 31 heavy (non-hydrogen) atoms. The fourth-order valence-electron chi connectivity index (χ4n) is 3.97. The normalized spacial score (nSPS) is 17.5. The maximum atomic E-state index is 13.0. The van der Waals surface area contributed by atoms with Crippen molar-refractivity contribution in [2.45, 2.75) is 26.3 Å². The lowest BCUT2D eigenvalue weighted by atomic mass is 10.1. The van der Waals surface area contributed by atoms with Gasteiger partial charge in [-0.1, -0.05) is 6.07 Å². The second kappa shape index (κ2) is 8.19. The Balaban J connectivity index is 1.70. The van der Waals surface area contributed by atoms with Crippen molar-refractivity contribution >= 4 is 21.4 Å². The monoisotopic (exact) mass is 439 g/mol. The summed E-state index contributed by atoms with van der Waals surface area (Å²) in [7, 11) is -1.51. The van der Waals surface area contributed by atoms with Crippen LogP contribution in [0.15, 0.2) is 48.5 Å². The Bertz CT molecular complexity index is 1210. The number of anilines is 1. The van der Waals surface area contributed by atoms with Crippen molar-refractivity contribution in [3.8, 4) is 17.0 Å². The Labute approximate surface area is 182 Å². The maximum absolute atomic E-state index is 13.0. The molecule has 1 atom stereocenters. The van der Waals surface area contributed by atoms with Crippen LogP contribution in [0, 0.1) is 13.8 Å². The van der Waals surface area contributed by atoms with Crippen LogP contribution in [0.4, 0.5) is 5.69 Å². The summed E-state index contributed by atoms with van der Waals surface area (Å²) in [5.74, 6) is 0.532. The number of hydrogen-bond donors (Lipinski definition) is 1. The molecule has 1 fully saturated rings. The maximum Gasteiger partial charge on any atom is 0.276 e. The minimum absolute atomic E-state index is 0.0238. The molecule has 0 aliphatic carbocycles. The van der Waals surface area contributed by atoms with E-state index in [0.29, 0.717) is 23.6 Å². The van der Waals surface area contributed by atoms with Gasteiger partial charge in [0.15, 0.2) is 15.5 Å². The van der Waals surface area contributed by atoms with Crippen molar-refractivity contribution in [3.05, 3.63) is 65.4 Å². The Morgan fingerprint density at radius 3 is 2.35 bits per heavy atom. The van der Waals surface area contributed by atoms with E-state index < -0.39 is 9.84 Å². The van der Waals surface area contributed by atoms with Crippen molar-refractivity contribution in [2.24, 2.45) is 0 Å². The van der Waals surface area contributed by atoms with Crippen molar-refractivity contribution in [3.63, 3.8) is 0 Å². The predicted molar refractivity (Wildman–Crippen MR) is 120 cm³/mol. The van der Waals surface area contributed by atoms with Gasteiger partial charge in [-0.15, -0.1) is 0 Å².